The van der Waals surface area contributed by atoms with E-state index in [1.807, 2.05) is 11.8 Å². The highest BCUT2D eigenvalue weighted by Gasteiger charge is 2.53. The highest BCUT2D eigenvalue weighted by molar-refractivity contribution is 7.99. The highest BCUT2D eigenvalue weighted by atomic mass is 32.2. The van der Waals surface area contributed by atoms with E-state index in [4.69, 9.17) is 0 Å². The van der Waals surface area contributed by atoms with E-state index in [1.165, 1.54) is 51.4 Å². The summed E-state index contributed by atoms with van der Waals surface area (Å²) in [6.45, 7) is 9.56. The first-order valence-electron chi connectivity index (χ1n) is 12.8. The van der Waals surface area contributed by atoms with Gasteiger partial charge in [0.1, 0.15) is 0 Å². The molecule has 2 saturated carbocycles. The molecule has 0 spiro atoms. The van der Waals surface area contributed by atoms with Crippen molar-refractivity contribution in [3.8, 4) is 0 Å². The zero-order valence-electron chi connectivity index (χ0n) is 19.9. The van der Waals surface area contributed by atoms with E-state index >= 15 is 0 Å². The van der Waals surface area contributed by atoms with Crippen LogP contribution in [0.25, 0.3) is 0 Å². The van der Waals surface area contributed by atoms with Crippen molar-refractivity contribution >= 4 is 11.8 Å². The number of hydrogen-bond acceptors (Lipinski definition) is 2. The molecule has 4 aliphatic carbocycles. The predicted octanol–water partition coefficient (Wildman–Crippen LogP) is 7.72. The van der Waals surface area contributed by atoms with Crippen molar-refractivity contribution in [2.75, 3.05) is 11.5 Å². The SMILES string of the molecule is CCC(CC)[C@H](O)CSCCC1=CC[C@H]2C3=CC=C4CCCC[C@]4(C)[C@H]3CC[C@]12C. The second kappa shape index (κ2) is 9.18. The number of aliphatic hydroxyl groups is 1. The Morgan fingerprint density at radius 3 is 2.63 bits per heavy atom. The van der Waals surface area contributed by atoms with Crippen LogP contribution in [0.3, 0.4) is 0 Å². The lowest BCUT2D eigenvalue weighted by Gasteiger charge is -2.54. The minimum atomic E-state index is -0.133. The molecule has 4 aliphatic rings. The third-order valence-corrected chi connectivity index (χ3v) is 10.7. The third-order valence-electron chi connectivity index (χ3n) is 9.63. The van der Waals surface area contributed by atoms with Crippen molar-refractivity contribution in [3.05, 3.63) is 34.9 Å². The third kappa shape index (κ3) is 3.90. The van der Waals surface area contributed by atoms with Gasteiger partial charge in [0, 0.05) is 5.75 Å². The van der Waals surface area contributed by atoms with Gasteiger partial charge in [-0.1, -0.05) is 81.9 Å². The molecule has 168 valence electrons. The van der Waals surface area contributed by atoms with Gasteiger partial charge in [-0.3, -0.25) is 0 Å². The smallest absolute Gasteiger partial charge is 0.0658 e. The summed E-state index contributed by atoms with van der Waals surface area (Å²) in [6, 6.07) is 0. The average Bonchev–Trinajstić information content (AvgIpc) is 3.08. The summed E-state index contributed by atoms with van der Waals surface area (Å²) >= 11 is 1.97. The molecule has 0 heterocycles. The van der Waals surface area contributed by atoms with E-state index in [1.54, 1.807) is 16.7 Å². The zero-order chi connectivity index (χ0) is 21.4. The van der Waals surface area contributed by atoms with Crippen LogP contribution in [0, 0.1) is 28.6 Å². The fraction of sp³-hybridized carbons (Fsp3) is 0.786. The standard InChI is InChI=1S/C28H44OS/c1-5-20(6-2)26(29)19-30-18-15-22-11-13-24-23-12-10-21-9-7-8-16-27(21,3)25(23)14-17-28(22,24)4/h10-12,20,24-26,29H,5-9,13-19H2,1-4H3/t24-,25-,26+,27-,28+/m0/s1. The molecule has 0 radical (unpaired) electrons. The Morgan fingerprint density at radius 2 is 1.87 bits per heavy atom. The number of hydrogen-bond donors (Lipinski definition) is 1. The fourth-order valence-corrected chi connectivity index (χ4v) is 8.50. The average molecular weight is 429 g/mol. The van der Waals surface area contributed by atoms with E-state index in [2.05, 4.69) is 45.9 Å². The lowest BCUT2D eigenvalue weighted by atomic mass is 9.50. The molecule has 0 aliphatic heterocycles. The molecule has 0 unspecified atom stereocenters. The molecule has 0 aromatic rings. The van der Waals surface area contributed by atoms with Crippen molar-refractivity contribution < 1.29 is 5.11 Å². The van der Waals surface area contributed by atoms with Crippen molar-refractivity contribution in [2.45, 2.75) is 98.0 Å². The maximum Gasteiger partial charge on any atom is 0.0658 e. The number of aliphatic hydroxyl groups excluding tert-OH is 1. The summed E-state index contributed by atoms with van der Waals surface area (Å²) < 4.78 is 0. The Balaban J connectivity index is 1.38. The van der Waals surface area contributed by atoms with Gasteiger partial charge in [-0.05, 0) is 79.3 Å². The monoisotopic (exact) mass is 428 g/mol. The van der Waals surface area contributed by atoms with Crippen LogP contribution in [0.15, 0.2) is 34.9 Å². The molecule has 1 nitrogen and oxygen atoms in total. The van der Waals surface area contributed by atoms with E-state index in [0.717, 1.165) is 36.2 Å². The number of allylic oxidation sites excluding steroid dienone is 6. The van der Waals surface area contributed by atoms with Gasteiger partial charge in [-0.2, -0.15) is 11.8 Å². The summed E-state index contributed by atoms with van der Waals surface area (Å²) in [7, 11) is 0. The largest absolute Gasteiger partial charge is 0.392 e. The Kier molecular flexibility index (Phi) is 6.95. The molecule has 30 heavy (non-hydrogen) atoms. The number of fused-ring (bicyclic) bond motifs is 5. The first-order chi connectivity index (χ1) is 14.4. The second-order valence-electron chi connectivity index (χ2n) is 11.0. The van der Waals surface area contributed by atoms with E-state index < -0.39 is 0 Å². The lowest BCUT2D eigenvalue weighted by Crippen LogP contribution is -2.44. The van der Waals surface area contributed by atoms with Gasteiger partial charge in [-0.15, -0.1) is 0 Å². The molecule has 0 aromatic heterocycles. The van der Waals surface area contributed by atoms with Crippen LogP contribution in [-0.2, 0) is 0 Å². The van der Waals surface area contributed by atoms with E-state index in [0.29, 0.717) is 16.7 Å². The lowest BCUT2D eigenvalue weighted by molar-refractivity contribution is 0.110. The summed E-state index contributed by atoms with van der Waals surface area (Å²) in [6.07, 6.45) is 20.5. The summed E-state index contributed by atoms with van der Waals surface area (Å²) in [5.74, 6) is 4.07. The van der Waals surface area contributed by atoms with Crippen LogP contribution < -0.4 is 0 Å². The Morgan fingerprint density at radius 1 is 1.07 bits per heavy atom. The number of rotatable bonds is 8. The predicted molar refractivity (Wildman–Crippen MR) is 132 cm³/mol. The summed E-state index contributed by atoms with van der Waals surface area (Å²) in [4.78, 5) is 0. The molecule has 0 amide bonds. The van der Waals surface area contributed by atoms with Crippen LogP contribution in [0.5, 0.6) is 0 Å². The molecular formula is C28H44OS. The molecule has 2 heteroatoms. The molecule has 4 rings (SSSR count). The number of thioether (sulfide) groups is 1. The molecule has 0 aromatic carbocycles. The molecular weight excluding hydrogens is 384 g/mol. The summed E-state index contributed by atoms with van der Waals surface area (Å²) in [5, 5.41) is 10.4. The van der Waals surface area contributed by atoms with Crippen molar-refractivity contribution in [1.29, 1.82) is 0 Å². The fourth-order valence-electron chi connectivity index (χ4n) is 7.45. The van der Waals surface area contributed by atoms with Gasteiger partial charge < -0.3 is 5.11 Å². The van der Waals surface area contributed by atoms with E-state index in [-0.39, 0.29) is 6.10 Å². The maximum atomic E-state index is 10.4. The quantitative estimate of drug-likeness (QED) is 0.315. The van der Waals surface area contributed by atoms with Crippen LogP contribution in [0.1, 0.15) is 91.9 Å². The van der Waals surface area contributed by atoms with Crippen LogP contribution in [-0.4, -0.2) is 22.7 Å². The minimum absolute atomic E-state index is 0.133. The minimum Gasteiger partial charge on any atom is -0.392 e. The molecule has 0 saturated heterocycles. The second-order valence-corrected chi connectivity index (χ2v) is 12.1. The first-order valence-corrected chi connectivity index (χ1v) is 14.0. The van der Waals surface area contributed by atoms with Crippen molar-refractivity contribution in [2.24, 2.45) is 28.6 Å². The van der Waals surface area contributed by atoms with Gasteiger partial charge in [0.25, 0.3) is 0 Å². The van der Waals surface area contributed by atoms with Crippen molar-refractivity contribution in [1.82, 2.24) is 0 Å². The zero-order valence-corrected chi connectivity index (χ0v) is 20.7. The van der Waals surface area contributed by atoms with Gasteiger partial charge >= 0.3 is 0 Å². The Bertz CT molecular complexity index is 714. The maximum absolute atomic E-state index is 10.4. The van der Waals surface area contributed by atoms with Gasteiger partial charge in [0.2, 0.25) is 0 Å². The molecule has 1 N–H and O–H groups in total. The van der Waals surface area contributed by atoms with Crippen molar-refractivity contribution in [3.63, 3.8) is 0 Å². The molecule has 2 fully saturated rings. The van der Waals surface area contributed by atoms with Crippen LogP contribution in [0.4, 0.5) is 0 Å². The Hall–Kier alpha value is -0.470. The summed E-state index contributed by atoms with van der Waals surface area (Å²) in [5.41, 5.74) is 6.10. The van der Waals surface area contributed by atoms with Gasteiger partial charge in [-0.25, -0.2) is 0 Å². The first kappa shape index (κ1) is 22.7. The van der Waals surface area contributed by atoms with Crippen LogP contribution in [0.2, 0.25) is 0 Å². The molecule has 5 atom stereocenters. The van der Waals surface area contributed by atoms with Crippen LogP contribution >= 0.6 is 11.8 Å². The van der Waals surface area contributed by atoms with Gasteiger partial charge in [0.15, 0.2) is 0 Å². The normalized spacial score (nSPS) is 36.4. The van der Waals surface area contributed by atoms with Gasteiger partial charge in [0.05, 0.1) is 6.10 Å². The topological polar surface area (TPSA) is 20.2 Å². The Labute approximate surface area is 189 Å². The highest BCUT2D eigenvalue weighted by Crippen LogP contribution is 2.63. The molecule has 0 bridgehead atoms. The van der Waals surface area contributed by atoms with E-state index in [9.17, 15) is 5.11 Å².